The zero-order valence-corrected chi connectivity index (χ0v) is 20.6. The molecule has 2 atom stereocenters. The summed E-state index contributed by atoms with van der Waals surface area (Å²) in [7, 11) is 1.52. The Kier molecular flexibility index (Phi) is 7.52. The van der Waals surface area contributed by atoms with Gasteiger partial charge in [0.05, 0.1) is 17.0 Å². The van der Waals surface area contributed by atoms with E-state index in [-0.39, 0.29) is 46.0 Å². The van der Waals surface area contributed by atoms with E-state index in [1.165, 1.54) is 55.8 Å². The van der Waals surface area contributed by atoms with Crippen LogP contribution < -0.4 is 5.73 Å². The predicted octanol–water partition coefficient (Wildman–Crippen LogP) is 4.17. The number of hydrogen-bond acceptors (Lipinski definition) is 6. The molecule has 2 heterocycles. The second kappa shape index (κ2) is 10.8. The zero-order valence-electron chi connectivity index (χ0n) is 20.6. The van der Waals surface area contributed by atoms with Crippen molar-refractivity contribution in [3.8, 4) is 0 Å². The van der Waals surface area contributed by atoms with Crippen molar-refractivity contribution in [2.24, 2.45) is 10.9 Å². The van der Waals surface area contributed by atoms with Crippen molar-refractivity contribution in [3.05, 3.63) is 101 Å². The Labute approximate surface area is 213 Å². The van der Waals surface area contributed by atoms with Gasteiger partial charge in [-0.15, -0.1) is 0 Å². The lowest BCUT2D eigenvalue weighted by atomic mass is 9.85. The van der Waals surface area contributed by atoms with E-state index in [1.807, 2.05) is 6.92 Å². The number of nitrogens with zero attached hydrogens (tertiary/aromatic N) is 4. The monoisotopic (exact) mass is 503 g/mol. The average molecular weight is 504 g/mol. The summed E-state index contributed by atoms with van der Waals surface area (Å²) in [6, 6.07) is 9.15. The first-order valence-electron chi connectivity index (χ1n) is 11.8. The molecule has 0 bridgehead atoms. The van der Waals surface area contributed by atoms with E-state index in [0.29, 0.717) is 24.3 Å². The van der Waals surface area contributed by atoms with Crippen LogP contribution in [0, 0.1) is 17.6 Å². The number of carbonyl (C=O) groups excluding carboxylic acids is 2. The molecule has 1 aliphatic heterocycles. The first kappa shape index (κ1) is 25.8. The molecule has 1 aliphatic rings. The summed E-state index contributed by atoms with van der Waals surface area (Å²) in [6.07, 6.45) is 3.44. The number of nitrogen functional groups attached to an aromatic ring is 1. The number of amides is 1. The number of halogens is 2. The first-order valence-corrected chi connectivity index (χ1v) is 11.8. The maximum Gasteiger partial charge on any atom is 0.245 e. The van der Waals surface area contributed by atoms with Crippen molar-refractivity contribution in [1.29, 1.82) is 0 Å². The van der Waals surface area contributed by atoms with Gasteiger partial charge in [0.2, 0.25) is 5.91 Å². The highest BCUT2D eigenvalue weighted by Gasteiger charge is 2.33. The van der Waals surface area contributed by atoms with Gasteiger partial charge in [-0.2, -0.15) is 0 Å². The minimum atomic E-state index is -0.668. The van der Waals surface area contributed by atoms with Crippen molar-refractivity contribution in [3.63, 3.8) is 0 Å². The van der Waals surface area contributed by atoms with E-state index in [1.54, 1.807) is 4.90 Å². The maximum atomic E-state index is 15.4. The van der Waals surface area contributed by atoms with Crippen LogP contribution in [-0.4, -0.2) is 52.4 Å². The van der Waals surface area contributed by atoms with Gasteiger partial charge in [-0.3, -0.25) is 14.6 Å². The molecule has 190 valence electrons. The van der Waals surface area contributed by atoms with Crippen LogP contribution in [-0.2, 0) is 4.79 Å². The highest BCUT2D eigenvalue weighted by atomic mass is 19.1. The Bertz CT molecular complexity index is 1390. The second-order valence-corrected chi connectivity index (χ2v) is 8.95. The molecular formula is C28H27F2N5O2. The Morgan fingerprint density at radius 2 is 1.86 bits per heavy atom. The molecule has 37 heavy (non-hydrogen) atoms. The van der Waals surface area contributed by atoms with Gasteiger partial charge in [0, 0.05) is 42.7 Å². The molecule has 4 rings (SSSR count). The molecule has 0 radical (unpaired) electrons. The summed E-state index contributed by atoms with van der Waals surface area (Å²) < 4.78 is 28.7. The SMILES string of the molecule is C=CC(=O)N1CCC(C(C)c2ncnc(N)c2/C(=N\C)c2ccc(C(=O)c3ccc(F)cc3)cc2F)C1. The second-order valence-electron chi connectivity index (χ2n) is 8.95. The molecule has 1 amide bonds. The van der Waals surface area contributed by atoms with Gasteiger partial charge in [-0.25, -0.2) is 18.7 Å². The van der Waals surface area contributed by atoms with Gasteiger partial charge in [0.25, 0.3) is 0 Å². The molecule has 0 saturated carbocycles. The fourth-order valence-corrected chi connectivity index (χ4v) is 4.73. The quantitative estimate of drug-likeness (QED) is 0.296. The van der Waals surface area contributed by atoms with E-state index in [2.05, 4.69) is 21.5 Å². The van der Waals surface area contributed by atoms with Crippen LogP contribution in [0.5, 0.6) is 0 Å². The summed E-state index contributed by atoms with van der Waals surface area (Å²) in [5, 5.41) is 0. The number of nitrogens with two attached hydrogens (primary N) is 1. The third-order valence-corrected chi connectivity index (χ3v) is 6.81. The van der Waals surface area contributed by atoms with Gasteiger partial charge < -0.3 is 10.6 Å². The lowest BCUT2D eigenvalue weighted by Gasteiger charge is -2.23. The third kappa shape index (κ3) is 5.16. The smallest absolute Gasteiger partial charge is 0.245 e. The number of anilines is 1. The molecular weight excluding hydrogens is 476 g/mol. The van der Waals surface area contributed by atoms with Crippen LogP contribution in [0.2, 0.25) is 0 Å². The summed E-state index contributed by atoms with van der Waals surface area (Å²) in [5.41, 5.74) is 8.06. The molecule has 2 N–H and O–H groups in total. The molecule has 2 aromatic carbocycles. The molecule has 7 nitrogen and oxygen atoms in total. The number of likely N-dealkylation sites (tertiary alicyclic amines) is 1. The molecule has 2 unspecified atom stereocenters. The number of aromatic nitrogens is 2. The molecule has 0 aliphatic carbocycles. The Morgan fingerprint density at radius 3 is 2.51 bits per heavy atom. The summed E-state index contributed by atoms with van der Waals surface area (Å²) in [5.74, 6) is -1.55. The number of aliphatic imine (C=N–C) groups is 1. The lowest BCUT2D eigenvalue weighted by Crippen LogP contribution is -2.28. The molecule has 1 fully saturated rings. The number of hydrogen-bond donors (Lipinski definition) is 1. The van der Waals surface area contributed by atoms with Crippen molar-refractivity contribution in [1.82, 2.24) is 14.9 Å². The lowest BCUT2D eigenvalue weighted by molar-refractivity contribution is -0.125. The Hall–Kier alpha value is -4.27. The van der Waals surface area contributed by atoms with Crippen molar-refractivity contribution in [2.45, 2.75) is 19.3 Å². The molecule has 1 aromatic heterocycles. The van der Waals surface area contributed by atoms with E-state index in [0.717, 1.165) is 12.5 Å². The van der Waals surface area contributed by atoms with Crippen LogP contribution in [0.4, 0.5) is 14.6 Å². The highest BCUT2D eigenvalue weighted by Crippen LogP contribution is 2.35. The molecule has 1 saturated heterocycles. The van der Waals surface area contributed by atoms with Crippen molar-refractivity contribution < 1.29 is 18.4 Å². The Morgan fingerprint density at radius 1 is 1.16 bits per heavy atom. The molecule has 0 spiro atoms. The van der Waals surface area contributed by atoms with Gasteiger partial charge >= 0.3 is 0 Å². The van der Waals surface area contributed by atoms with E-state index >= 15 is 4.39 Å². The number of benzene rings is 2. The Balaban J connectivity index is 1.67. The molecule has 9 heteroatoms. The topological polar surface area (TPSA) is 102 Å². The van der Waals surface area contributed by atoms with Crippen LogP contribution in [0.1, 0.15) is 52.0 Å². The fraction of sp³-hybridized carbons (Fsp3) is 0.250. The first-order chi connectivity index (χ1) is 17.7. The van der Waals surface area contributed by atoms with Crippen molar-refractivity contribution in [2.75, 3.05) is 25.9 Å². The molecule has 3 aromatic rings. The predicted molar refractivity (Wildman–Crippen MR) is 138 cm³/mol. The minimum Gasteiger partial charge on any atom is -0.383 e. The summed E-state index contributed by atoms with van der Waals surface area (Å²) in [6.45, 7) is 6.71. The van der Waals surface area contributed by atoms with Gasteiger partial charge in [0.1, 0.15) is 23.8 Å². The van der Waals surface area contributed by atoms with Crippen LogP contribution in [0.25, 0.3) is 0 Å². The maximum absolute atomic E-state index is 15.4. The zero-order chi connectivity index (χ0) is 26.7. The van der Waals surface area contributed by atoms with E-state index in [4.69, 9.17) is 5.73 Å². The van der Waals surface area contributed by atoms with Gasteiger partial charge in [0.15, 0.2) is 5.78 Å². The average Bonchev–Trinajstić information content (AvgIpc) is 3.40. The minimum absolute atomic E-state index is 0.107. The number of ketones is 1. The van der Waals surface area contributed by atoms with Crippen LogP contribution in [0.3, 0.4) is 0 Å². The van der Waals surface area contributed by atoms with E-state index < -0.39 is 17.4 Å². The van der Waals surface area contributed by atoms with Crippen molar-refractivity contribution >= 4 is 23.2 Å². The highest BCUT2D eigenvalue weighted by molar-refractivity contribution is 6.17. The van der Waals surface area contributed by atoms with Gasteiger partial charge in [-0.1, -0.05) is 19.6 Å². The number of carbonyl (C=O) groups is 2. The summed E-state index contributed by atoms with van der Waals surface area (Å²) >= 11 is 0. The number of rotatable bonds is 7. The normalized spacial score (nSPS) is 16.5. The summed E-state index contributed by atoms with van der Waals surface area (Å²) in [4.78, 5) is 39.5. The van der Waals surface area contributed by atoms with Gasteiger partial charge in [-0.05, 0) is 54.8 Å². The standard InChI is InChI=1S/C28H27F2N5O2/c1-4-23(36)35-12-11-19(14-35)16(2)25-24(28(31)34-15-33-25)26(32-3)21-10-7-18(13-22(21)30)27(37)17-5-8-20(29)9-6-17/h4-10,13,15-16,19H,1,11-12,14H2,2-3H3,(H2,31,33,34)/b32-26-. The largest absolute Gasteiger partial charge is 0.383 e. The van der Waals surface area contributed by atoms with Crippen LogP contribution >= 0.6 is 0 Å². The van der Waals surface area contributed by atoms with Crippen LogP contribution in [0.15, 0.2) is 66.4 Å². The third-order valence-electron chi connectivity index (χ3n) is 6.81. The fourth-order valence-electron chi connectivity index (χ4n) is 4.73. The van der Waals surface area contributed by atoms with E-state index in [9.17, 15) is 14.0 Å².